The lowest BCUT2D eigenvalue weighted by atomic mass is 9.80. The van der Waals surface area contributed by atoms with Crippen LogP contribution in [0.5, 0.6) is 0 Å². The van der Waals surface area contributed by atoms with Crippen molar-refractivity contribution in [1.82, 2.24) is 0 Å². The van der Waals surface area contributed by atoms with Gasteiger partial charge in [0.25, 0.3) is 0 Å². The van der Waals surface area contributed by atoms with Gasteiger partial charge in [-0.25, -0.2) is 0 Å². The van der Waals surface area contributed by atoms with Gasteiger partial charge in [0.2, 0.25) is 0 Å². The SMILES string of the molecule is CC(C)/C=C\C(C)C.CC(C)C(C)C(C)C(C)C.CC(C)CC(O)C(C)C.O. The zero-order valence-corrected chi connectivity index (χ0v) is 22.0. The van der Waals surface area contributed by atoms with Crippen LogP contribution in [0.1, 0.15) is 103 Å². The molecule has 0 aliphatic rings. The van der Waals surface area contributed by atoms with Gasteiger partial charge < -0.3 is 10.6 Å². The average Bonchev–Trinajstić information content (AvgIpc) is 2.51. The van der Waals surface area contributed by atoms with Crippen LogP contribution in [0.2, 0.25) is 0 Å². The van der Waals surface area contributed by atoms with Gasteiger partial charge >= 0.3 is 0 Å². The second kappa shape index (κ2) is 20.0. The van der Waals surface area contributed by atoms with Crippen LogP contribution in [0.15, 0.2) is 12.2 Å². The van der Waals surface area contributed by atoms with Gasteiger partial charge in [-0.15, -0.1) is 0 Å². The molecule has 0 aliphatic heterocycles. The van der Waals surface area contributed by atoms with Crippen LogP contribution in [0.25, 0.3) is 0 Å². The zero-order valence-electron chi connectivity index (χ0n) is 22.0. The van der Waals surface area contributed by atoms with Crippen LogP contribution in [0, 0.1) is 47.3 Å². The van der Waals surface area contributed by atoms with Crippen molar-refractivity contribution in [2.24, 2.45) is 47.3 Å². The summed E-state index contributed by atoms with van der Waals surface area (Å²) in [4.78, 5) is 0. The van der Waals surface area contributed by atoms with Crippen LogP contribution >= 0.6 is 0 Å². The van der Waals surface area contributed by atoms with Crippen molar-refractivity contribution in [3.05, 3.63) is 12.2 Å². The number of aliphatic hydroxyl groups excluding tert-OH is 1. The summed E-state index contributed by atoms with van der Waals surface area (Å²) in [6.45, 7) is 31.1. The molecule has 0 heterocycles. The molecule has 3 N–H and O–H groups in total. The standard InChI is InChI=1S/C10H22.C8H18O.C8H16.H2O/c1-7(2)9(5)10(6)8(3)4;1-6(2)5-8(9)7(3)4;1-7(2)5-6-8(3)4;/h7-10H,1-6H3;6-9H,5H2,1-4H3;5-8H,1-4H3;1H2/b;;6-5-;. The van der Waals surface area contributed by atoms with E-state index in [1.807, 2.05) is 13.8 Å². The molecule has 0 aromatic heterocycles. The van der Waals surface area contributed by atoms with Crippen molar-refractivity contribution in [3.8, 4) is 0 Å². The maximum Gasteiger partial charge on any atom is 0.0565 e. The predicted octanol–water partition coefficient (Wildman–Crippen LogP) is 7.65. The predicted molar refractivity (Wildman–Crippen MR) is 131 cm³/mol. The Balaban J connectivity index is -0.000000153. The van der Waals surface area contributed by atoms with Crippen LogP contribution in [-0.4, -0.2) is 16.7 Å². The summed E-state index contributed by atoms with van der Waals surface area (Å²) in [5, 5.41) is 9.30. The molecule has 0 aromatic rings. The summed E-state index contributed by atoms with van der Waals surface area (Å²) in [6.07, 6.45) is 5.30. The number of rotatable bonds is 8. The summed E-state index contributed by atoms with van der Waals surface area (Å²) in [7, 11) is 0. The molecule has 0 aliphatic carbocycles. The molecule has 0 bridgehead atoms. The first-order chi connectivity index (χ1) is 12.1. The minimum atomic E-state index is -0.106. The largest absolute Gasteiger partial charge is 0.412 e. The Kier molecular flexibility index (Phi) is 25.0. The first-order valence-corrected chi connectivity index (χ1v) is 11.5. The number of hydrogen-bond donors (Lipinski definition) is 1. The third-order valence-electron chi connectivity index (χ3n) is 5.30. The lowest BCUT2D eigenvalue weighted by Gasteiger charge is -2.26. The van der Waals surface area contributed by atoms with E-state index in [-0.39, 0.29) is 11.6 Å². The average molecular weight is 403 g/mol. The van der Waals surface area contributed by atoms with Crippen LogP contribution < -0.4 is 0 Å². The molecule has 3 unspecified atom stereocenters. The molecular weight excluding hydrogens is 344 g/mol. The molecule has 174 valence electrons. The van der Waals surface area contributed by atoms with Gasteiger partial charge in [0.05, 0.1) is 6.10 Å². The normalized spacial score (nSPS) is 14.8. The van der Waals surface area contributed by atoms with Crippen molar-refractivity contribution >= 4 is 0 Å². The third-order valence-corrected chi connectivity index (χ3v) is 5.30. The first kappa shape index (κ1) is 35.1. The Morgan fingerprint density at radius 2 is 0.821 bits per heavy atom. The van der Waals surface area contributed by atoms with E-state index in [2.05, 4.69) is 95.2 Å². The lowest BCUT2D eigenvalue weighted by Crippen LogP contribution is -2.18. The highest BCUT2D eigenvalue weighted by Gasteiger charge is 2.17. The molecule has 0 radical (unpaired) electrons. The van der Waals surface area contributed by atoms with E-state index in [4.69, 9.17) is 0 Å². The maximum absolute atomic E-state index is 9.30. The third kappa shape index (κ3) is 25.7. The molecule has 0 rings (SSSR count). The topological polar surface area (TPSA) is 51.7 Å². The molecule has 0 spiro atoms. The van der Waals surface area contributed by atoms with Gasteiger partial charge in [-0.3, -0.25) is 0 Å². The van der Waals surface area contributed by atoms with Crippen molar-refractivity contribution < 1.29 is 10.6 Å². The van der Waals surface area contributed by atoms with Crippen LogP contribution in [-0.2, 0) is 0 Å². The minimum absolute atomic E-state index is 0. The fraction of sp³-hybridized carbons (Fsp3) is 0.923. The van der Waals surface area contributed by atoms with Crippen molar-refractivity contribution in [3.63, 3.8) is 0 Å². The molecule has 2 heteroatoms. The summed E-state index contributed by atoms with van der Waals surface area (Å²) >= 11 is 0. The summed E-state index contributed by atoms with van der Waals surface area (Å²) in [5.41, 5.74) is 0. The quantitative estimate of drug-likeness (QED) is 0.416. The Hall–Kier alpha value is -0.340. The number of hydrogen-bond acceptors (Lipinski definition) is 1. The van der Waals surface area contributed by atoms with E-state index in [1.54, 1.807) is 0 Å². The minimum Gasteiger partial charge on any atom is -0.412 e. The molecular formula is C26H58O2. The molecule has 3 atom stereocenters. The van der Waals surface area contributed by atoms with Crippen LogP contribution in [0.3, 0.4) is 0 Å². The molecule has 0 saturated carbocycles. The van der Waals surface area contributed by atoms with E-state index in [0.29, 0.717) is 23.7 Å². The van der Waals surface area contributed by atoms with Crippen LogP contribution in [0.4, 0.5) is 0 Å². The molecule has 28 heavy (non-hydrogen) atoms. The second-order valence-electron chi connectivity index (χ2n) is 10.5. The Morgan fingerprint density at radius 3 is 0.929 bits per heavy atom. The summed E-state index contributed by atoms with van der Waals surface area (Å²) in [5.74, 6) is 5.82. The fourth-order valence-electron chi connectivity index (χ4n) is 2.41. The number of aliphatic hydroxyl groups is 1. The number of allylic oxidation sites excluding steroid dienone is 2. The van der Waals surface area contributed by atoms with E-state index >= 15 is 0 Å². The monoisotopic (exact) mass is 402 g/mol. The molecule has 0 aromatic carbocycles. The van der Waals surface area contributed by atoms with E-state index in [0.717, 1.165) is 30.1 Å². The van der Waals surface area contributed by atoms with Gasteiger partial charge in [0.1, 0.15) is 0 Å². The van der Waals surface area contributed by atoms with Gasteiger partial charge in [-0.2, -0.15) is 0 Å². The molecule has 0 amide bonds. The Morgan fingerprint density at radius 1 is 0.536 bits per heavy atom. The van der Waals surface area contributed by atoms with E-state index in [9.17, 15) is 5.11 Å². The molecule has 0 saturated heterocycles. The highest BCUT2D eigenvalue weighted by atomic mass is 16.3. The van der Waals surface area contributed by atoms with E-state index < -0.39 is 0 Å². The first-order valence-electron chi connectivity index (χ1n) is 11.5. The Labute approximate surface area is 179 Å². The van der Waals surface area contributed by atoms with Crippen molar-refractivity contribution in [2.75, 3.05) is 0 Å². The van der Waals surface area contributed by atoms with E-state index in [1.165, 1.54) is 0 Å². The lowest BCUT2D eigenvalue weighted by molar-refractivity contribution is 0.103. The van der Waals surface area contributed by atoms with Gasteiger partial charge in [0.15, 0.2) is 0 Å². The maximum atomic E-state index is 9.30. The molecule has 0 fully saturated rings. The van der Waals surface area contributed by atoms with Gasteiger partial charge in [-0.1, -0.05) is 109 Å². The Bertz CT molecular complexity index is 305. The zero-order chi connectivity index (χ0) is 22.3. The highest BCUT2D eigenvalue weighted by molar-refractivity contribution is 4.86. The molecule has 2 nitrogen and oxygen atoms in total. The summed E-state index contributed by atoms with van der Waals surface area (Å²) in [6, 6.07) is 0. The van der Waals surface area contributed by atoms with Gasteiger partial charge in [0, 0.05) is 0 Å². The van der Waals surface area contributed by atoms with Crippen molar-refractivity contribution in [1.29, 1.82) is 0 Å². The fourth-order valence-corrected chi connectivity index (χ4v) is 2.41. The van der Waals surface area contributed by atoms with Gasteiger partial charge in [-0.05, 0) is 53.8 Å². The smallest absolute Gasteiger partial charge is 0.0565 e. The summed E-state index contributed by atoms with van der Waals surface area (Å²) < 4.78 is 0. The highest BCUT2D eigenvalue weighted by Crippen LogP contribution is 2.25. The van der Waals surface area contributed by atoms with Crippen molar-refractivity contribution in [2.45, 2.75) is 109 Å². The second-order valence-corrected chi connectivity index (χ2v) is 10.5.